The third-order valence-corrected chi connectivity index (χ3v) is 5.09. The van der Waals surface area contributed by atoms with E-state index in [4.69, 9.17) is 9.84 Å². The standard InChI is InChI=1S/C14H19IN2O5S/c1-16(2)23(20,21)11-3-8-17(14(18)19)9-10-22-13-6-4-12(15)5-7-13/h3-7,11H,8-10H2,1-2H3,(H,18,19)/b11-3+. The Morgan fingerprint density at radius 1 is 1.30 bits per heavy atom. The maximum atomic E-state index is 11.6. The van der Waals surface area contributed by atoms with Crippen LogP contribution in [0.1, 0.15) is 0 Å². The highest BCUT2D eigenvalue weighted by Crippen LogP contribution is 2.13. The van der Waals surface area contributed by atoms with Crippen molar-refractivity contribution in [1.29, 1.82) is 0 Å². The second-order valence-corrected chi connectivity index (χ2v) is 8.01. The average molecular weight is 454 g/mol. The molecular weight excluding hydrogens is 435 g/mol. The van der Waals surface area contributed by atoms with Crippen molar-refractivity contribution >= 4 is 38.7 Å². The van der Waals surface area contributed by atoms with Gasteiger partial charge in [-0.15, -0.1) is 0 Å². The van der Waals surface area contributed by atoms with Gasteiger partial charge in [0.25, 0.3) is 0 Å². The molecule has 128 valence electrons. The summed E-state index contributed by atoms with van der Waals surface area (Å²) in [7, 11) is -0.673. The molecule has 1 amide bonds. The van der Waals surface area contributed by atoms with Crippen LogP contribution in [0.3, 0.4) is 0 Å². The molecule has 0 aliphatic heterocycles. The van der Waals surface area contributed by atoms with Gasteiger partial charge in [-0.05, 0) is 46.9 Å². The highest BCUT2D eigenvalue weighted by atomic mass is 127. The molecule has 0 radical (unpaired) electrons. The lowest BCUT2D eigenvalue weighted by Crippen LogP contribution is -2.33. The van der Waals surface area contributed by atoms with Gasteiger partial charge < -0.3 is 14.7 Å². The molecule has 1 N–H and O–H groups in total. The molecule has 0 aromatic heterocycles. The van der Waals surface area contributed by atoms with Crippen molar-refractivity contribution in [3.63, 3.8) is 0 Å². The Kier molecular flexibility index (Phi) is 7.79. The van der Waals surface area contributed by atoms with Gasteiger partial charge in [0, 0.05) is 29.6 Å². The second kappa shape index (κ2) is 9.08. The summed E-state index contributed by atoms with van der Waals surface area (Å²) in [6.07, 6.45) is 0.164. The minimum atomic E-state index is -3.49. The fraction of sp³-hybridized carbons (Fsp3) is 0.357. The predicted molar refractivity (Wildman–Crippen MR) is 96.0 cm³/mol. The van der Waals surface area contributed by atoms with Crippen molar-refractivity contribution in [1.82, 2.24) is 9.21 Å². The predicted octanol–water partition coefficient (Wildman–Crippen LogP) is 2.06. The summed E-state index contributed by atoms with van der Waals surface area (Å²) in [5.74, 6) is 0.654. The number of rotatable bonds is 8. The SMILES string of the molecule is CN(C)S(=O)(=O)/C=C/CN(CCOc1ccc(I)cc1)C(=O)O. The molecule has 1 rings (SSSR count). The van der Waals surface area contributed by atoms with Crippen LogP contribution in [-0.4, -0.2) is 62.6 Å². The van der Waals surface area contributed by atoms with Crippen molar-refractivity contribution < 1.29 is 23.1 Å². The summed E-state index contributed by atoms with van der Waals surface area (Å²) in [4.78, 5) is 12.2. The van der Waals surface area contributed by atoms with Gasteiger partial charge in [0.05, 0.1) is 6.54 Å². The van der Waals surface area contributed by atoms with Gasteiger partial charge in [-0.1, -0.05) is 6.08 Å². The van der Waals surface area contributed by atoms with Crippen molar-refractivity contribution in [2.45, 2.75) is 0 Å². The molecule has 0 fully saturated rings. The van der Waals surface area contributed by atoms with E-state index >= 15 is 0 Å². The molecule has 1 aromatic rings. The van der Waals surface area contributed by atoms with Gasteiger partial charge in [-0.25, -0.2) is 17.5 Å². The first-order valence-electron chi connectivity index (χ1n) is 6.67. The van der Waals surface area contributed by atoms with Crippen LogP contribution in [0.2, 0.25) is 0 Å². The molecule has 23 heavy (non-hydrogen) atoms. The summed E-state index contributed by atoms with van der Waals surface area (Å²) < 4.78 is 30.7. The van der Waals surface area contributed by atoms with Crippen LogP contribution in [0.15, 0.2) is 35.7 Å². The zero-order valence-electron chi connectivity index (χ0n) is 12.8. The van der Waals surface area contributed by atoms with Crippen LogP contribution in [0.5, 0.6) is 5.75 Å². The van der Waals surface area contributed by atoms with E-state index < -0.39 is 16.1 Å². The van der Waals surface area contributed by atoms with Gasteiger partial charge in [-0.3, -0.25) is 0 Å². The topological polar surface area (TPSA) is 87.2 Å². The smallest absolute Gasteiger partial charge is 0.407 e. The van der Waals surface area contributed by atoms with E-state index in [2.05, 4.69) is 22.6 Å². The summed E-state index contributed by atoms with van der Waals surface area (Å²) in [5.41, 5.74) is 0. The third kappa shape index (κ3) is 7.18. The number of benzene rings is 1. The summed E-state index contributed by atoms with van der Waals surface area (Å²) in [6.45, 7) is 0.285. The number of hydrogen-bond donors (Lipinski definition) is 1. The molecule has 0 saturated carbocycles. The highest BCUT2D eigenvalue weighted by molar-refractivity contribution is 14.1. The first kappa shape index (κ1) is 19.7. The molecule has 0 aliphatic rings. The van der Waals surface area contributed by atoms with E-state index in [9.17, 15) is 13.2 Å². The van der Waals surface area contributed by atoms with Gasteiger partial charge in [0.15, 0.2) is 0 Å². The Balaban J connectivity index is 2.51. The number of ether oxygens (including phenoxy) is 1. The zero-order valence-corrected chi connectivity index (χ0v) is 15.8. The first-order valence-corrected chi connectivity index (χ1v) is 9.26. The zero-order chi connectivity index (χ0) is 17.5. The van der Waals surface area contributed by atoms with Crippen LogP contribution >= 0.6 is 22.6 Å². The summed E-state index contributed by atoms with van der Waals surface area (Å²) in [5, 5.41) is 10.1. The Morgan fingerprint density at radius 3 is 2.43 bits per heavy atom. The molecular formula is C14H19IN2O5S. The van der Waals surface area contributed by atoms with Crippen LogP contribution in [-0.2, 0) is 10.0 Å². The lowest BCUT2D eigenvalue weighted by Gasteiger charge is -2.17. The lowest BCUT2D eigenvalue weighted by molar-refractivity contribution is 0.141. The van der Waals surface area contributed by atoms with Crippen molar-refractivity contribution in [2.75, 3.05) is 33.8 Å². The number of hydrogen-bond acceptors (Lipinski definition) is 4. The molecule has 0 unspecified atom stereocenters. The third-order valence-electron chi connectivity index (χ3n) is 2.82. The first-order chi connectivity index (χ1) is 10.7. The van der Waals surface area contributed by atoms with Crippen LogP contribution < -0.4 is 4.74 Å². The Hall–Kier alpha value is -1.33. The summed E-state index contributed by atoms with van der Waals surface area (Å²) >= 11 is 2.18. The molecule has 0 bridgehead atoms. The summed E-state index contributed by atoms with van der Waals surface area (Å²) in [6, 6.07) is 7.38. The van der Waals surface area contributed by atoms with E-state index in [1.165, 1.54) is 20.2 Å². The fourth-order valence-electron chi connectivity index (χ4n) is 1.48. The molecule has 1 aromatic carbocycles. The average Bonchev–Trinajstić information content (AvgIpc) is 2.47. The van der Waals surface area contributed by atoms with Gasteiger partial charge in [0.1, 0.15) is 12.4 Å². The van der Waals surface area contributed by atoms with Gasteiger partial charge >= 0.3 is 6.09 Å². The Bertz CT molecular complexity index is 644. The van der Waals surface area contributed by atoms with Crippen molar-refractivity contribution in [2.24, 2.45) is 0 Å². The minimum absolute atomic E-state index is 0.0293. The lowest BCUT2D eigenvalue weighted by atomic mass is 10.3. The van der Waals surface area contributed by atoms with Crippen molar-refractivity contribution in [3.05, 3.63) is 39.3 Å². The van der Waals surface area contributed by atoms with Crippen LogP contribution in [0.4, 0.5) is 4.79 Å². The van der Waals surface area contributed by atoms with Gasteiger partial charge in [-0.2, -0.15) is 0 Å². The molecule has 0 spiro atoms. The van der Waals surface area contributed by atoms with E-state index in [1.54, 1.807) is 12.1 Å². The van der Waals surface area contributed by atoms with E-state index in [-0.39, 0.29) is 19.7 Å². The maximum Gasteiger partial charge on any atom is 0.407 e. The minimum Gasteiger partial charge on any atom is -0.492 e. The number of nitrogens with zero attached hydrogens (tertiary/aromatic N) is 2. The highest BCUT2D eigenvalue weighted by Gasteiger charge is 2.12. The molecule has 0 heterocycles. The number of carboxylic acid groups (broad SMARTS) is 1. The van der Waals surface area contributed by atoms with E-state index in [1.807, 2.05) is 12.1 Å². The number of halogens is 1. The number of amides is 1. The fourth-order valence-corrected chi connectivity index (χ4v) is 2.42. The maximum absolute atomic E-state index is 11.6. The Labute approximate surface area is 149 Å². The molecule has 9 heteroatoms. The molecule has 0 saturated heterocycles. The molecule has 0 aliphatic carbocycles. The normalized spacial score (nSPS) is 11.8. The number of sulfonamides is 1. The largest absolute Gasteiger partial charge is 0.492 e. The quantitative estimate of drug-likeness (QED) is 0.608. The van der Waals surface area contributed by atoms with E-state index in [0.29, 0.717) is 5.75 Å². The van der Waals surface area contributed by atoms with Gasteiger partial charge in [0.2, 0.25) is 10.0 Å². The second-order valence-electron chi connectivity index (χ2n) is 4.73. The van der Waals surface area contributed by atoms with Crippen molar-refractivity contribution in [3.8, 4) is 5.75 Å². The van der Waals surface area contributed by atoms with Crippen LogP contribution in [0, 0.1) is 3.57 Å². The monoisotopic (exact) mass is 454 g/mol. The van der Waals surface area contributed by atoms with Crippen LogP contribution in [0.25, 0.3) is 0 Å². The number of carbonyl (C=O) groups is 1. The van der Waals surface area contributed by atoms with E-state index in [0.717, 1.165) is 18.2 Å². The molecule has 7 nitrogen and oxygen atoms in total. The Morgan fingerprint density at radius 2 is 1.91 bits per heavy atom. The molecule has 0 atom stereocenters.